The zero-order chi connectivity index (χ0) is 22.5. The fourth-order valence-corrected chi connectivity index (χ4v) is 6.25. The van der Waals surface area contributed by atoms with Gasteiger partial charge in [-0.25, -0.2) is 13.1 Å². The number of carbonyl (C=O) groups excluding carboxylic acids is 1. The summed E-state index contributed by atoms with van der Waals surface area (Å²) in [5.74, 6) is 0.129. The number of carbonyl (C=O) groups is 1. The number of hydrogen-bond acceptors (Lipinski definition) is 5. The predicted octanol–water partition coefficient (Wildman–Crippen LogP) is 4.35. The highest BCUT2D eigenvalue weighted by atomic mass is 32.2. The molecule has 32 heavy (non-hydrogen) atoms. The van der Waals surface area contributed by atoms with Crippen LogP contribution in [0.4, 0.5) is 0 Å². The van der Waals surface area contributed by atoms with Gasteiger partial charge in [-0.2, -0.15) is 0 Å². The number of hydrogen-bond donors (Lipinski definition) is 1. The van der Waals surface area contributed by atoms with Crippen molar-refractivity contribution in [1.82, 2.24) is 9.71 Å². The van der Waals surface area contributed by atoms with Crippen molar-refractivity contribution in [1.29, 1.82) is 0 Å². The minimum atomic E-state index is -4.06. The van der Waals surface area contributed by atoms with E-state index in [0.717, 1.165) is 23.2 Å². The van der Waals surface area contributed by atoms with Gasteiger partial charge in [-0.05, 0) is 80.0 Å². The van der Waals surface area contributed by atoms with E-state index in [0.29, 0.717) is 29.0 Å². The van der Waals surface area contributed by atoms with E-state index in [4.69, 9.17) is 4.74 Å². The molecule has 1 saturated carbocycles. The number of sulfonamides is 1. The molecule has 0 bridgehead atoms. The highest BCUT2D eigenvalue weighted by Gasteiger charge is 2.37. The topological polar surface area (TPSA) is 85.4 Å². The van der Waals surface area contributed by atoms with E-state index >= 15 is 0 Å². The molecule has 1 heterocycles. The van der Waals surface area contributed by atoms with Crippen LogP contribution in [0.15, 0.2) is 47.4 Å². The molecule has 2 aliphatic rings. The van der Waals surface area contributed by atoms with Crippen molar-refractivity contribution >= 4 is 26.8 Å². The molecule has 0 saturated heterocycles. The first-order valence-electron chi connectivity index (χ1n) is 11.0. The second-order valence-electron chi connectivity index (χ2n) is 8.71. The smallest absolute Gasteiger partial charge is 0.264 e. The number of fused-ring (bicyclic) bond motifs is 2. The van der Waals surface area contributed by atoms with Crippen LogP contribution in [-0.2, 0) is 21.2 Å². The van der Waals surface area contributed by atoms with Crippen molar-refractivity contribution in [3.05, 3.63) is 64.8 Å². The fraction of sp³-hybridized carbons (Fsp3) is 0.360. The molecular weight excluding hydrogens is 424 g/mol. The Hall–Kier alpha value is -2.93. The van der Waals surface area contributed by atoms with Crippen LogP contribution in [-0.4, -0.2) is 26.4 Å². The Morgan fingerprint density at radius 2 is 1.91 bits per heavy atom. The summed E-state index contributed by atoms with van der Waals surface area (Å²) >= 11 is 0. The number of amides is 1. The molecule has 1 amide bonds. The molecule has 1 N–H and O–H groups in total. The number of aryl methyl sites for hydroxylation is 1. The third-order valence-corrected chi connectivity index (χ3v) is 8.23. The average molecular weight is 451 g/mol. The number of aromatic nitrogens is 1. The lowest BCUT2D eigenvalue weighted by Gasteiger charge is -2.28. The van der Waals surface area contributed by atoms with Gasteiger partial charge in [0.15, 0.2) is 0 Å². The average Bonchev–Trinajstić information content (AvgIpc) is 3.17. The first-order valence-corrected chi connectivity index (χ1v) is 12.5. The van der Waals surface area contributed by atoms with Crippen LogP contribution in [0.5, 0.6) is 5.75 Å². The molecule has 0 radical (unpaired) electrons. The summed E-state index contributed by atoms with van der Waals surface area (Å²) in [4.78, 5) is 17.7. The number of pyridine rings is 1. The van der Waals surface area contributed by atoms with Gasteiger partial charge in [0, 0.05) is 16.6 Å². The van der Waals surface area contributed by atoms with Crippen molar-refractivity contribution in [2.75, 3.05) is 7.11 Å². The van der Waals surface area contributed by atoms with Crippen LogP contribution in [0.1, 0.15) is 59.9 Å². The Balaban J connectivity index is 1.48. The number of methoxy groups -OCH3 is 1. The van der Waals surface area contributed by atoms with Gasteiger partial charge in [0.1, 0.15) is 5.75 Å². The molecule has 1 atom stereocenters. The van der Waals surface area contributed by atoms with Crippen LogP contribution in [0.25, 0.3) is 10.9 Å². The zero-order valence-electron chi connectivity index (χ0n) is 18.2. The summed E-state index contributed by atoms with van der Waals surface area (Å²) in [5, 5.41) is 0.495. The first kappa shape index (κ1) is 20.9. The minimum Gasteiger partial charge on any atom is -0.496 e. The Kier molecular flexibility index (Phi) is 5.16. The van der Waals surface area contributed by atoms with Gasteiger partial charge in [0.05, 0.1) is 23.4 Å². The Morgan fingerprint density at radius 1 is 1.09 bits per heavy atom. The molecule has 3 aromatic rings. The summed E-state index contributed by atoms with van der Waals surface area (Å²) in [6.07, 6.45) is 4.89. The molecule has 7 heteroatoms. The molecule has 0 aliphatic heterocycles. The molecule has 5 rings (SSSR count). The number of ether oxygens (including phenoxy) is 1. The molecule has 2 aliphatic carbocycles. The van der Waals surface area contributed by atoms with E-state index in [1.807, 2.05) is 13.0 Å². The second-order valence-corrected chi connectivity index (χ2v) is 10.4. The SMILES string of the molecule is COc1ccc(C2CCC2)c2c1C(C(=O)NS(=O)(=O)c1cccc3nc(C)ccc13)CC2. The van der Waals surface area contributed by atoms with Crippen molar-refractivity contribution in [2.24, 2.45) is 0 Å². The van der Waals surface area contributed by atoms with E-state index in [9.17, 15) is 13.2 Å². The molecule has 2 aromatic carbocycles. The van der Waals surface area contributed by atoms with Gasteiger partial charge in [0.25, 0.3) is 10.0 Å². The van der Waals surface area contributed by atoms with Gasteiger partial charge in [0.2, 0.25) is 5.91 Å². The highest BCUT2D eigenvalue weighted by molar-refractivity contribution is 7.90. The van der Waals surface area contributed by atoms with E-state index in [2.05, 4.69) is 15.8 Å². The lowest BCUT2D eigenvalue weighted by atomic mass is 9.77. The van der Waals surface area contributed by atoms with E-state index in [1.165, 1.54) is 30.9 Å². The lowest BCUT2D eigenvalue weighted by Crippen LogP contribution is -2.34. The Morgan fingerprint density at radius 3 is 2.62 bits per heavy atom. The Bertz CT molecular complexity index is 1330. The summed E-state index contributed by atoms with van der Waals surface area (Å²) in [5.41, 5.74) is 4.68. The van der Waals surface area contributed by atoms with E-state index in [1.54, 1.807) is 31.4 Å². The van der Waals surface area contributed by atoms with Gasteiger partial charge in [-0.15, -0.1) is 0 Å². The largest absolute Gasteiger partial charge is 0.496 e. The Labute approximate surface area is 188 Å². The van der Waals surface area contributed by atoms with Gasteiger partial charge in [-0.3, -0.25) is 9.78 Å². The van der Waals surface area contributed by atoms with E-state index < -0.39 is 21.8 Å². The predicted molar refractivity (Wildman–Crippen MR) is 122 cm³/mol. The van der Waals surface area contributed by atoms with Gasteiger partial charge in [-0.1, -0.05) is 18.6 Å². The number of nitrogens with one attached hydrogen (secondary N) is 1. The molecule has 1 unspecified atom stereocenters. The summed E-state index contributed by atoms with van der Waals surface area (Å²) in [6, 6.07) is 12.5. The molecule has 1 aromatic heterocycles. The van der Waals surface area contributed by atoms with Crippen molar-refractivity contribution in [3.63, 3.8) is 0 Å². The second kappa shape index (κ2) is 7.89. The van der Waals surface area contributed by atoms with Crippen LogP contribution in [0.3, 0.4) is 0 Å². The van der Waals surface area contributed by atoms with E-state index in [-0.39, 0.29) is 4.90 Å². The quantitative estimate of drug-likeness (QED) is 0.624. The van der Waals surface area contributed by atoms with Crippen molar-refractivity contribution < 1.29 is 17.9 Å². The van der Waals surface area contributed by atoms with Crippen molar-refractivity contribution in [3.8, 4) is 5.75 Å². The van der Waals surface area contributed by atoms with Gasteiger partial charge < -0.3 is 4.74 Å². The summed E-state index contributed by atoms with van der Waals surface area (Å²) < 4.78 is 34.3. The lowest BCUT2D eigenvalue weighted by molar-refractivity contribution is -0.120. The highest BCUT2D eigenvalue weighted by Crippen LogP contribution is 2.47. The summed E-state index contributed by atoms with van der Waals surface area (Å²) in [6.45, 7) is 1.85. The first-order chi connectivity index (χ1) is 15.4. The maximum atomic E-state index is 13.3. The minimum absolute atomic E-state index is 0.0595. The molecule has 1 fully saturated rings. The molecule has 0 spiro atoms. The molecular formula is C25H26N2O4S. The maximum absolute atomic E-state index is 13.3. The third kappa shape index (κ3) is 3.45. The van der Waals surface area contributed by atoms with Gasteiger partial charge >= 0.3 is 0 Å². The maximum Gasteiger partial charge on any atom is 0.264 e. The standard InChI is InChI=1S/C25H26N2O4S/c1-15-9-10-19-21(26-15)7-4-8-23(19)32(29,30)27-25(28)20-12-11-18-17(16-5-3-6-16)13-14-22(31-2)24(18)20/h4,7-10,13-14,16,20H,3,5-6,11-12H2,1-2H3,(H,27,28). The third-order valence-electron chi connectivity index (χ3n) is 6.82. The van der Waals surface area contributed by atoms with Crippen LogP contribution in [0, 0.1) is 6.92 Å². The monoisotopic (exact) mass is 450 g/mol. The fourth-order valence-electron chi connectivity index (χ4n) is 5.02. The zero-order valence-corrected chi connectivity index (χ0v) is 19.0. The number of benzene rings is 2. The number of rotatable bonds is 5. The van der Waals surface area contributed by atoms with Crippen LogP contribution in [0.2, 0.25) is 0 Å². The molecule has 6 nitrogen and oxygen atoms in total. The normalized spacial score (nSPS) is 18.2. The number of nitrogens with zero attached hydrogens (tertiary/aromatic N) is 1. The van der Waals surface area contributed by atoms with Crippen molar-refractivity contribution in [2.45, 2.75) is 55.8 Å². The molecule has 166 valence electrons. The van der Waals surface area contributed by atoms with Crippen LogP contribution < -0.4 is 9.46 Å². The van der Waals surface area contributed by atoms with Crippen LogP contribution >= 0.6 is 0 Å². The summed E-state index contributed by atoms with van der Waals surface area (Å²) in [7, 11) is -2.47.